The third-order valence-electron chi connectivity index (χ3n) is 5.23. The van der Waals surface area contributed by atoms with Crippen LogP contribution in [0, 0.1) is 0 Å². The van der Waals surface area contributed by atoms with Gasteiger partial charge in [0.25, 0.3) is 5.91 Å². The van der Waals surface area contributed by atoms with E-state index in [1.807, 2.05) is 12.1 Å². The minimum Gasteiger partial charge on any atom is -0.453 e. The van der Waals surface area contributed by atoms with Crippen LogP contribution in [0.15, 0.2) is 24.3 Å². The Hall–Kier alpha value is -2.70. The van der Waals surface area contributed by atoms with Crippen LogP contribution in [0.5, 0.6) is 0 Å². The SMILES string of the molecule is CCCc1ccc(C(=O)CCC(=O)O[C@H](C)C(=O)NC(=O)NC2CCCCC2)cc1. The predicted molar refractivity (Wildman–Crippen MR) is 113 cm³/mol. The molecule has 0 heterocycles. The van der Waals surface area contributed by atoms with Gasteiger partial charge in [-0.1, -0.05) is 56.9 Å². The van der Waals surface area contributed by atoms with Crippen molar-refractivity contribution in [2.24, 2.45) is 0 Å². The first-order chi connectivity index (χ1) is 14.4. The summed E-state index contributed by atoms with van der Waals surface area (Å²) in [6.07, 6.45) is 5.86. The molecular weight excluding hydrogens is 384 g/mol. The quantitative estimate of drug-likeness (QED) is 0.472. The number of carbonyl (C=O) groups excluding carboxylic acids is 4. The highest BCUT2D eigenvalue weighted by molar-refractivity contribution is 5.98. The number of ketones is 1. The number of amides is 3. The monoisotopic (exact) mass is 416 g/mol. The Morgan fingerprint density at radius 1 is 1.03 bits per heavy atom. The van der Waals surface area contributed by atoms with Crippen molar-refractivity contribution < 1.29 is 23.9 Å². The number of urea groups is 1. The van der Waals surface area contributed by atoms with E-state index < -0.39 is 24.0 Å². The molecule has 164 valence electrons. The number of hydrogen-bond donors (Lipinski definition) is 2. The predicted octanol–water partition coefficient (Wildman–Crippen LogP) is 3.69. The van der Waals surface area contributed by atoms with Crippen LogP contribution < -0.4 is 10.6 Å². The van der Waals surface area contributed by atoms with E-state index in [0.717, 1.165) is 38.5 Å². The number of nitrogens with one attached hydrogen (secondary N) is 2. The molecule has 0 radical (unpaired) electrons. The molecule has 1 aromatic carbocycles. The van der Waals surface area contributed by atoms with Gasteiger partial charge in [-0.2, -0.15) is 0 Å². The average molecular weight is 417 g/mol. The molecule has 7 heteroatoms. The number of Topliss-reactive ketones (excluding diaryl/α,β-unsaturated/α-hetero) is 1. The highest BCUT2D eigenvalue weighted by Gasteiger charge is 2.22. The van der Waals surface area contributed by atoms with Gasteiger partial charge in [-0.15, -0.1) is 0 Å². The van der Waals surface area contributed by atoms with Crippen molar-refractivity contribution >= 4 is 23.7 Å². The molecule has 1 saturated carbocycles. The summed E-state index contributed by atoms with van der Waals surface area (Å²) in [6.45, 7) is 3.49. The summed E-state index contributed by atoms with van der Waals surface area (Å²) >= 11 is 0. The lowest BCUT2D eigenvalue weighted by atomic mass is 9.96. The van der Waals surface area contributed by atoms with Crippen molar-refractivity contribution in [1.29, 1.82) is 0 Å². The number of rotatable bonds is 9. The van der Waals surface area contributed by atoms with Crippen molar-refractivity contribution in [1.82, 2.24) is 10.6 Å². The molecule has 2 N–H and O–H groups in total. The molecule has 2 rings (SSSR count). The fourth-order valence-electron chi connectivity index (χ4n) is 3.50. The number of ether oxygens (including phenoxy) is 1. The maximum Gasteiger partial charge on any atom is 0.321 e. The Balaban J connectivity index is 1.70. The lowest BCUT2D eigenvalue weighted by Crippen LogP contribution is -2.48. The molecule has 1 aliphatic rings. The summed E-state index contributed by atoms with van der Waals surface area (Å²) in [6, 6.07) is 6.86. The Morgan fingerprint density at radius 2 is 1.70 bits per heavy atom. The number of imide groups is 1. The van der Waals surface area contributed by atoms with Gasteiger partial charge in [0.05, 0.1) is 6.42 Å². The minimum atomic E-state index is -1.11. The van der Waals surface area contributed by atoms with Crippen molar-refractivity contribution in [3.63, 3.8) is 0 Å². The Kier molecular flexibility index (Phi) is 9.51. The van der Waals surface area contributed by atoms with Crippen LogP contribution in [-0.4, -0.2) is 35.8 Å². The van der Waals surface area contributed by atoms with Gasteiger partial charge in [-0.3, -0.25) is 19.7 Å². The number of aryl methyl sites for hydroxylation is 1. The average Bonchev–Trinajstić information content (AvgIpc) is 2.73. The Bertz CT molecular complexity index is 738. The van der Waals surface area contributed by atoms with Gasteiger partial charge in [-0.25, -0.2) is 4.79 Å². The van der Waals surface area contributed by atoms with Crippen LogP contribution in [0.2, 0.25) is 0 Å². The zero-order valence-electron chi connectivity index (χ0n) is 17.9. The van der Waals surface area contributed by atoms with Crippen molar-refractivity contribution in [2.75, 3.05) is 0 Å². The summed E-state index contributed by atoms with van der Waals surface area (Å²) in [7, 11) is 0. The molecule has 7 nitrogen and oxygen atoms in total. The molecule has 0 bridgehead atoms. The van der Waals surface area contributed by atoms with Gasteiger partial charge in [0.1, 0.15) is 0 Å². The van der Waals surface area contributed by atoms with Crippen LogP contribution in [0.25, 0.3) is 0 Å². The van der Waals surface area contributed by atoms with E-state index in [4.69, 9.17) is 4.74 Å². The van der Waals surface area contributed by atoms with Gasteiger partial charge in [-0.05, 0) is 31.7 Å². The van der Waals surface area contributed by atoms with E-state index in [0.29, 0.717) is 5.56 Å². The summed E-state index contributed by atoms with van der Waals surface area (Å²) in [5.41, 5.74) is 1.72. The standard InChI is InChI=1S/C23H32N2O5/c1-3-7-17-10-12-18(13-11-17)20(26)14-15-21(27)30-16(2)22(28)25-23(29)24-19-8-5-4-6-9-19/h10-13,16,19H,3-9,14-15H2,1-2H3,(H2,24,25,28,29)/t16-/m1/s1. The molecule has 0 spiro atoms. The first-order valence-corrected chi connectivity index (χ1v) is 10.8. The van der Waals surface area contributed by atoms with E-state index >= 15 is 0 Å². The van der Waals surface area contributed by atoms with E-state index in [9.17, 15) is 19.2 Å². The smallest absolute Gasteiger partial charge is 0.321 e. The van der Waals surface area contributed by atoms with Crippen molar-refractivity contribution in [2.45, 2.75) is 83.8 Å². The fourth-order valence-corrected chi connectivity index (χ4v) is 3.50. The zero-order chi connectivity index (χ0) is 21.9. The van der Waals surface area contributed by atoms with E-state index in [1.54, 1.807) is 12.1 Å². The van der Waals surface area contributed by atoms with Crippen molar-refractivity contribution in [3.8, 4) is 0 Å². The molecule has 3 amide bonds. The second kappa shape index (κ2) is 12.1. The van der Waals surface area contributed by atoms with E-state index in [1.165, 1.54) is 18.9 Å². The van der Waals surface area contributed by atoms with Crippen LogP contribution in [0.4, 0.5) is 4.79 Å². The van der Waals surface area contributed by atoms with Crippen LogP contribution in [0.3, 0.4) is 0 Å². The molecule has 0 saturated heterocycles. The minimum absolute atomic E-state index is 0.00244. The topological polar surface area (TPSA) is 102 Å². The summed E-state index contributed by atoms with van der Waals surface area (Å²) < 4.78 is 5.06. The lowest BCUT2D eigenvalue weighted by Gasteiger charge is -2.23. The number of carbonyl (C=O) groups is 4. The highest BCUT2D eigenvalue weighted by atomic mass is 16.5. The number of esters is 1. The van der Waals surface area contributed by atoms with Gasteiger partial charge >= 0.3 is 12.0 Å². The third kappa shape index (κ3) is 7.97. The molecular formula is C23H32N2O5. The maximum atomic E-state index is 12.2. The van der Waals surface area contributed by atoms with Crippen molar-refractivity contribution in [3.05, 3.63) is 35.4 Å². The molecule has 30 heavy (non-hydrogen) atoms. The molecule has 0 unspecified atom stereocenters. The largest absolute Gasteiger partial charge is 0.453 e. The Morgan fingerprint density at radius 3 is 2.33 bits per heavy atom. The first-order valence-electron chi connectivity index (χ1n) is 10.8. The maximum absolute atomic E-state index is 12.2. The number of benzene rings is 1. The highest BCUT2D eigenvalue weighted by Crippen LogP contribution is 2.17. The second-order valence-corrected chi connectivity index (χ2v) is 7.80. The van der Waals surface area contributed by atoms with E-state index in [2.05, 4.69) is 17.6 Å². The van der Waals surface area contributed by atoms with Crippen LogP contribution in [-0.2, 0) is 20.7 Å². The summed E-state index contributed by atoms with van der Waals surface area (Å²) in [5, 5.41) is 4.98. The molecule has 1 atom stereocenters. The zero-order valence-corrected chi connectivity index (χ0v) is 17.9. The molecule has 1 aromatic rings. The van der Waals surface area contributed by atoms with Gasteiger partial charge < -0.3 is 10.1 Å². The summed E-state index contributed by atoms with van der Waals surface area (Å²) in [5.74, 6) is -1.49. The van der Waals surface area contributed by atoms with Gasteiger partial charge in [0, 0.05) is 18.0 Å². The summed E-state index contributed by atoms with van der Waals surface area (Å²) in [4.78, 5) is 48.2. The normalized spacial score (nSPS) is 15.1. The Labute approximate surface area is 177 Å². The molecule has 1 aliphatic carbocycles. The number of hydrogen-bond acceptors (Lipinski definition) is 5. The first kappa shape index (κ1) is 23.6. The van der Waals surface area contributed by atoms with Gasteiger partial charge in [0.15, 0.2) is 11.9 Å². The van der Waals surface area contributed by atoms with Crippen LogP contribution in [0.1, 0.15) is 81.1 Å². The third-order valence-corrected chi connectivity index (χ3v) is 5.23. The fraction of sp³-hybridized carbons (Fsp3) is 0.565. The molecule has 1 fully saturated rings. The molecule has 0 aliphatic heterocycles. The van der Waals surface area contributed by atoms with Crippen LogP contribution >= 0.6 is 0 Å². The molecule has 0 aromatic heterocycles. The van der Waals surface area contributed by atoms with E-state index in [-0.39, 0.29) is 24.7 Å². The van der Waals surface area contributed by atoms with Gasteiger partial charge in [0.2, 0.25) is 0 Å². The second-order valence-electron chi connectivity index (χ2n) is 7.80. The lowest BCUT2D eigenvalue weighted by molar-refractivity contribution is -0.154.